The molecule has 0 saturated heterocycles. The third-order valence-electron chi connectivity index (χ3n) is 3.04. The number of para-hydroxylation sites is 1. The van der Waals surface area contributed by atoms with Gasteiger partial charge in [-0.25, -0.2) is 13.9 Å². The average Bonchev–Trinajstić information content (AvgIpc) is 3.02. The fourth-order valence-electron chi connectivity index (χ4n) is 2.14. The molecule has 0 saturated carbocycles. The van der Waals surface area contributed by atoms with Gasteiger partial charge in [0, 0.05) is 12.4 Å². The smallest absolute Gasteiger partial charge is 0.151 e. The molecule has 0 unspecified atom stereocenters. The predicted octanol–water partition coefficient (Wildman–Crippen LogP) is 2.41. The van der Waals surface area contributed by atoms with Crippen molar-refractivity contribution in [3.05, 3.63) is 48.8 Å². The number of halogens is 1. The highest BCUT2D eigenvalue weighted by Crippen LogP contribution is 2.24. The summed E-state index contributed by atoms with van der Waals surface area (Å²) in [6.45, 7) is 0. The number of rotatable bonds is 1. The van der Waals surface area contributed by atoms with E-state index in [1.807, 2.05) is 0 Å². The fourth-order valence-corrected chi connectivity index (χ4v) is 2.14. The van der Waals surface area contributed by atoms with Crippen LogP contribution in [0.2, 0.25) is 0 Å². The van der Waals surface area contributed by atoms with Crippen LogP contribution < -0.4 is 0 Å². The molecule has 3 heterocycles. The lowest BCUT2D eigenvalue weighted by atomic mass is 10.3. The molecule has 0 spiro atoms. The molecule has 0 radical (unpaired) electrons. The van der Waals surface area contributed by atoms with E-state index in [1.165, 1.54) is 6.07 Å². The van der Waals surface area contributed by atoms with Gasteiger partial charge in [-0.2, -0.15) is 5.10 Å². The van der Waals surface area contributed by atoms with Crippen LogP contribution in [0.15, 0.2) is 43.0 Å². The van der Waals surface area contributed by atoms with E-state index in [2.05, 4.69) is 20.1 Å². The van der Waals surface area contributed by atoms with Crippen LogP contribution in [0.3, 0.4) is 0 Å². The van der Waals surface area contributed by atoms with Crippen molar-refractivity contribution in [2.75, 3.05) is 0 Å². The highest BCUT2D eigenvalue weighted by molar-refractivity contribution is 5.83. The van der Waals surface area contributed by atoms with Gasteiger partial charge < -0.3 is 4.98 Å². The van der Waals surface area contributed by atoms with Crippen LogP contribution in [-0.4, -0.2) is 24.6 Å². The maximum Gasteiger partial charge on any atom is 0.151 e. The van der Waals surface area contributed by atoms with Crippen LogP contribution in [0.5, 0.6) is 0 Å². The van der Waals surface area contributed by atoms with Crippen molar-refractivity contribution >= 4 is 16.6 Å². The molecule has 0 bridgehead atoms. The maximum absolute atomic E-state index is 13.6. The van der Waals surface area contributed by atoms with E-state index < -0.39 is 0 Å². The first-order chi connectivity index (χ1) is 9.33. The Kier molecular flexibility index (Phi) is 1.94. The third kappa shape index (κ3) is 1.43. The molecule has 4 aromatic rings. The van der Waals surface area contributed by atoms with E-state index >= 15 is 0 Å². The number of hydrogen-bond donors (Lipinski definition) is 1. The minimum Gasteiger partial charge on any atom is -0.338 e. The molecule has 19 heavy (non-hydrogen) atoms. The lowest BCUT2D eigenvalue weighted by Gasteiger charge is -1.93. The summed E-state index contributed by atoms with van der Waals surface area (Å²) in [4.78, 5) is 11.5. The predicted molar refractivity (Wildman–Crippen MR) is 68.0 cm³/mol. The van der Waals surface area contributed by atoms with E-state index in [9.17, 15) is 4.39 Å². The van der Waals surface area contributed by atoms with Crippen molar-refractivity contribution in [1.82, 2.24) is 24.6 Å². The summed E-state index contributed by atoms with van der Waals surface area (Å²) in [6.07, 6.45) is 6.79. The minimum absolute atomic E-state index is 0.334. The second kappa shape index (κ2) is 3.61. The maximum atomic E-state index is 13.6. The number of imidazole rings is 1. The molecule has 0 aliphatic rings. The van der Waals surface area contributed by atoms with Crippen LogP contribution in [0.25, 0.3) is 27.9 Å². The Bertz CT molecular complexity index is 892. The average molecular weight is 253 g/mol. The van der Waals surface area contributed by atoms with Crippen LogP contribution in [-0.2, 0) is 0 Å². The van der Waals surface area contributed by atoms with E-state index in [4.69, 9.17) is 0 Å². The molecule has 5 nitrogen and oxygen atoms in total. The first kappa shape index (κ1) is 10.2. The molecule has 4 rings (SSSR count). The molecule has 1 aromatic carbocycles. The van der Waals surface area contributed by atoms with Crippen LogP contribution in [0, 0.1) is 5.82 Å². The number of nitrogens with zero attached hydrogens (tertiary/aromatic N) is 4. The lowest BCUT2D eigenvalue weighted by Crippen LogP contribution is -1.86. The SMILES string of the molecule is Fc1cccc2[nH]c(-c3cnn4ccncc34)nc12. The first-order valence-electron chi connectivity index (χ1n) is 5.75. The summed E-state index contributed by atoms with van der Waals surface area (Å²) in [5, 5.41) is 4.21. The van der Waals surface area contributed by atoms with Gasteiger partial charge in [0.05, 0.1) is 29.0 Å². The first-order valence-corrected chi connectivity index (χ1v) is 5.75. The number of aromatic amines is 1. The molecule has 0 aliphatic heterocycles. The van der Waals surface area contributed by atoms with Crippen molar-refractivity contribution in [2.45, 2.75) is 0 Å². The van der Waals surface area contributed by atoms with Gasteiger partial charge in [-0.3, -0.25) is 4.98 Å². The molecule has 0 aliphatic carbocycles. The summed E-state index contributed by atoms with van der Waals surface area (Å²) in [5.74, 6) is 0.248. The second-order valence-corrected chi connectivity index (χ2v) is 4.19. The Morgan fingerprint density at radius 3 is 3.05 bits per heavy atom. The summed E-state index contributed by atoms with van der Waals surface area (Å²) in [5.41, 5.74) is 2.62. The summed E-state index contributed by atoms with van der Waals surface area (Å²) >= 11 is 0. The second-order valence-electron chi connectivity index (χ2n) is 4.19. The number of fused-ring (bicyclic) bond motifs is 2. The molecular weight excluding hydrogens is 245 g/mol. The van der Waals surface area contributed by atoms with Gasteiger partial charge in [-0.05, 0) is 12.1 Å². The molecule has 0 amide bonds. The highest BCUT2D eigenvalue weighted by atomic mass is 19.1. The van der Waals surface area contributed by atoms with Gasteiger partial charge in [0.2, 0.25) is 0 Å². The van der Waals surface area contributed by atoms with Crippen LogP contribution in [0.4, 0.5) is 4.39 Å². The quantitative estimate of drug-likeness (QED) is 0.566. The van der Waals surface area contributed by atoms with Gasteiger partial charge >= 0.3 is 0 Å². The van der Waals surface area contributed by atoms with Crippen molar-refractivity contribution in [3.8, 4) is 11.4 Å². The molecule has 0 atom stereocenters. The molecule has 0 fully saturated rings. The molecule has 6 heteroatoms. The summed E-state index contributed by atoms with van der Waals surface area (Å²) in [6, 6.07) is 4.83. The number of hydrogen-bond acceptors (Lipinski definition) is 3. The van der Waals surface area contributed by atoms with Crippen molar-refractivity contribution in [3.63, 3.8) is 0 Å². The fraction of sp³-hybridized carbons (Fsp3) is 0. The van der Waals surface area contributed by atoms with Crippen molar-refractivity contribution in [1.29, 1.82) is 0 Å². The lowest BCUT2D eigenvalue weighted by molar-refractivity contribution is 0.637. The molecule has 3 aromatic heterocycles. The van der Waals surface area contributed by atoms with Gasteiger partial charge in [0.25, 0.3) is 0 Å². The molecule has 92 valence electrons. The van der Waals surface area contributed by atoms with Crippen molar-refractivity contribution in [2.24, 2.45) is 0 Å². The Morgan fingerprint density at radius 1 is 1.21 bits per heavy atom. The zero-order valence-electron chi connectivity index (χ0n) is 9.71. The monoisotopic (exact) mass is 253 g/mol. The van der Waals surface area contributed by atoms with E-state index in [0.29, 0.717) is 16.9 Å². The minimum atomic E-state index is -0.338. The Balaban J connectivity index is 2.02. The number of benzene rings is 1. The molecule has 1 N–H and O–H groups in total. The highest BCUT2D eigenvalue weighted by Gasteiger charge is 2.12. The van der Waals surface area contributed by atoms with E-state index in [1.54, 1.807) is 41.4 Å². The van der Waals surface area contributed by atoms with Gasteiger partial charge in [0.1, 0.15) is 11.3 Å². The number of aromatic nitrogens is 5. The van der Waals surface area contributed by atoms with Gasteiger partial charge in [0.15, 0.2) is 5.82 Å². The van der Waals surface area contributed by atoms with Gasteiger partial charge in [-0.1, -0.05) is 6.07 Å². The Labute approximate surface area is 106 Å². The van der Waals surface area contributed by atoms with Gasteiger partial charge in [-0.15, -0.1) is 0 Å². The van der Waals surface area contributed by atoms with Crippen LogP contribution in [0.1, 0.15) is 0 Å². The zero-order valence-corrected chi connectivity index (χ0v) is 9.71. The topological polar surface area (TPSA) is 58.9 Å². The van der Waals surface area contributed by atoms with E-state index in [-0.39, 0.29) is 5.82 Å². The molecular formula is C13H8FN5. The Morgan fingerprint density at radius 2 is 2.16 bits per heavy atom. The summed E-state index contributed by atoms with van der Waals surface area (Å²) in [7, 11) is 0. The Hall–Kier alpha value is -2.76. The zero-order chi connectivity index (χ0) is 12.8. The van der Waals surface area contributed by atoms with Crippen molar-refractivity contribution < 1.29 is 4.39 Å². The number of H-pyrrole nitrogens is 1. The standard InChI is InChI=1S/C13H8FN5/c14-9-2-1-3-10-12(9)18-13(17-10)8-6-16-19-5-4-15-7-11(8)19/h1-7H,(H,17,18). The number of nitrogens with one attached hydrogen (secondary N) is 1. The summed E-state index contributed by atoms with van der Waals surface area (Å²) < 4.78 is 15.3. The van der Waals surface area contributed by atoms with Crippen LogP contribution >= 0.6 is 0 Å². The largest absolute Gasteiger partial charge is 0.338 e. The third-order valence-corrected chi connectivity index (χ3v) is 3.04. The van der Waals surface area contributed by atoms with E-state index in [0.717, 1.165) is 11.1 Å². The normalized spacial score (nSPS) is 11.4.